The van der Waals surface area contributed by atoms with Gasteiger partial charge in [0.05, 0.1) is 0 Å². The van der Waals surface area contributed by atoms with Gasteiger partial charge in [0.2, 0.25) is 0 Å². The van der Waals surface area contributed by atoms with Crippen molar-refractivity contribution in [2.24, 2.45) is 0 Å². The molecule has 1 saturated carbocycles. The van der Waals surface area contributed by atoms with Crippen LogP contribution in [0, 0.1) is 5.82 Å². The average molecular weight is 264 g/mol. The molecule has 1 fully saturated rings. The van der Waals surface area contributed by atoms with Crippen molar-refractivity contribution in [1.29, 1.82) is 0 Å². The van der Waals surface area contributed by atoms with Gasteiger partial charge in [-0.25, -0.2) is 4.39 Å². The minimum Gasteiger partial charge on any atom is -0.312 e. The molecule has 2 nitrogen and oxygen atoms in total. The maximum Gasteiger partial charge on any atom is 0.126 e. The van der Waals surface area contributed by atoms with E-state index in [-0.39, 0.29) is 5.82 Å². The van der Waals surface area contributed by atoms with Crippen molar-refractivity contribution in [2.75, 3.05) is 20.6 Å². The number of benzene rings is 1. The molecule has 0 aliphatic heterocycles. The van der Waals surface area contributed by atoms with Gasteiger partial charge in [-0.2, -0.15) is 0 Å². The zero-order chi connectivity index (χ0) is 13.9. The third-order valence-electron chi connectivity index (χ3n) is 4.50. The molecular formula is C16H25FN2. The van der Waals surface area contributed by atoms with Crippen LogP contribution < -0.4 is 5.32 Å². The van der Waals surface area contributed by atoms with Crippen LogP contribution in [0.15, 0.2) is 24.3 Å². The van der Waals surface area contributed by atoms with Gasteiger partial charge in [0, 0.05) is 18.1 Å². The molecule has 0 radical (unpaired) electrons. The Labute approximate surface area is 116 Å². The molecule has 3 heteroatoms. The summed E-state index contributed by atoms with van der Waals surface area (Å²) in [5.41, 5.74) is 1.12. The Morgan fingerprint density at radius 1 is 1.32 bits per heavy atom. The lowest BCUT2D eigenvalue weighted by atomic mass is 9.75. The summed E-state index contributed by atoms with van der Waals surface area (Å²) in [6.45, 7) is 3.13. The molecule has 2 rings (SSSR count). The van der Waals surface area contributed by atoms with Gasteiger partial charge in [-0.3, -0.25) is 0 Å². The molecule has 1 N–H and O–H groups in total. The van der Waals surface area contributed by atoms with Crippen molar-refractivity contribution in [3.63, 3.8) is 0 Å². The van der Waals surface area contributed by atoms with Crippen LogP contribution in [-0.2, 0) is 6.42 Å². The second kappa shape index (κ2) is 6.02. The van der Waals surface area contributed by atoms with E-state index in [1.54, 1.807) is 6.07 Å². The number of nitrogens with one attached hydrogen (secondary N) is 1. The highest BCUT2D eigenvalue weighted by Gasteiger charge is 2.38. The van der Waals surface area contributed by atoms with Crippen molar-refractivity contribution in [3.8, 4) is 0 Å². The highest BCUT2D eigenvalue weighted by molar-refractivity contribution is 5.18. The lowest BCUT2D eigenvalue weighted by Gasteiger charge is -2.48. The van der Waals surface area contributed by atoms with E-state index in [4.69, 9.17) is 0 Å². The van der Waals surface area contributed by atoms with Gasteiger partial charge >= 0.3 is 0 Å². The van der Waals surface area contributed by atoms with E-state index >= 15 is 0 Å². The number of hydrogen-bond acceptors (Lipinski definition) is 2. The molecule has 1 aromatic carbocycles. The van der Waals surface area contributed by atoms with Gasteiger partial charge in [-0.15, -0.1) is 0 Å². The predicted octanol–water partition coefficient (Wildman–Crippen LogP) is 2.83. The fourth-order valence-corrected chi connectivity index (χ4v) is 2.80. The van der Waals surface area contributed by atoms with Gasteiger partial charge in [0.1, 0.15) is 5.82 Å². The van der Waals surface area contributed by atoms with Gasteiger partial charge in [-0.05, 0) is 58.3 Å². The smallest absolute Gasteiger partial charge is 0.126 e. The van der Waals surface area contributed by atoms with Gasteiger partial charge in [-0.1, -0.05) is 18.2 Å². The molecule has 0 bridgehead atoms. The fraction of sp³-hybridized carbons (Fsp3) is 0.625. The SMILES string of the molecule is CC(Cc1ccccc1F)NCC1(N(C)C)CCC1. The summed E-state index contributed by atoms with van der Waals surface area (Å²) in [5, 5.41) is 3.57. The van der Waals surface area contributed by atoms with Crippen molar-refractivity contribution in [1.82, 2.24) is 10.2 Å². The highest BCUT2D eigenvalue weighted by atomic mass is 19.1. The summed E-state index contributed by atoms with van der Waals surface area (Å²) >= 11 is 0. The number of rotatable bonds is 6. The summed E-state index contributed by atoms with van der Waals surface area (Å²) in [6, 6.07) is 7.35. The van der Waals surface area contributed by atoms with Crippen LogP contribution in [0.5, 0.6) is 0 Å². The van der Waals surface area contributed by atoms with E-state index in [1.165, 1.54) is 25.3 Å². The van der Waals surface area contributed by atoms with E-state index in [0.29, 0.717) is 11.6 Å². The molecule has 1 aromatic rings. The van der Waals surface area contributed by atoms with E-state index in [1.807, 2.05) is 12.1 Å². The van der Waals surface area contributed by atoms with E-state index < -0.39 is 0 Å². The molecule has 106 valence electrons. The molecule has 0 amide bonds. The first kappa shape index (κ1) is 14.5. The molecule has 0 saturated heterocycles. The maximum absolute atomic E-state index is 13.6. The minimum absolute atomic E-state index is 0.0953. The first-order valence-electron chi connectivity index (χ1n) is 7.18. The normalized spacial score (nSPS) is 19.2. The lowest BCUT2D eigenvalue weighted by Crippen LogP contribution is -2.57. The summed E-state index contributed by atoms with van der Waals surface area (Å²) in [7, 11) is 4.31. The molecule has 0 spiro atoms. The summed E-state index contributed by atoms with van der Waals surface area (Å²) in [6.07, 6.45) is 4.59. The van der Waals surface area contributed by atoms with Crippen molar-refractivity contribution in [3.05, 3.63) is 35.6 Å². The average Bonchev–Trinajstić information content (AvgIpc) is 2.30. The molecule has 1 unspecified atom stereocenters. The van der Waals surface area contributed by atoms with E-state index in [0.717, 1.165) is 18.5 Å². The van der Waals surface area contributed by atoms with E-state index in [2.05, 4.69) is 31.2 Å². The third kappa shape index (κ3) is 3.34. The van der Waals surface area contributed by atoms with Crippen molar-refractivity contribution in [2.45, 2.75) is 44.2 Å². The molecule has 0 aromatic heterocycles. The van der Waals surface area contributed by atoms with Crippen molar-refractivity contribution >= 4 is 0 Å². The Hall–Kier alpha value is -0.930. The first-order valence-corrected chi connectivity index (χ1v) is 7.18. The van der Waals surface area contributed by atoms with Crippen LogP contribution >= 0.6 is 0 Å². The summed E-state index contributed by atoms with van der Waals surface area (Å²) < 4.78 is 13.6. The second-order valence-corrected chi connectivity index (χ2v) is 6.05. The van der Waals surface area contributed by atoms with Crippen LogP contribution in [0.2, 0.25) is 0 Å². The van der Waals surface area contributed by atoms with Crippen LogP contribution in [0.1, 0.15) is 31.7 Å². The standard InChI is InChI=1S/C16H25FN2/c1-13(11-14-7-4-5-8-15(14)17)18-12-16(19(2)3)9-6-10-16/h4-5,7-8,13,18H,6,9-12H2,1-3H3. The van der Waals surface area contributed by atoms with Crippen LogP contribution in [0.3, 0.4) is 0 Å². The van der Waals surface area contributed by atoms with Gasteiger partial charge in [0.15, 0.2) is 0 Å². The minimum atomic E-state index is -0.0953. The molecular weight excluding hydrogens is 239 g/mol. The van der Waals surface area contributed by atoms with Crippen LogP contribution in [-0.4, -0.2) is 37.1 Å². The Bertz CT molecular complexity index is 413. The zero-order valence-electron chi connectivity index (χ0n) is 12.2. The van der Waals surface area contributed by atoms with Crippen LogP contribution in [0.25, 0.3) is 0 Å². The topological polar surface area (TPSA) is 15.3 Å². The fourth-order valence-electron chi connectivity index (χ4n) is 2.80. The molecule has 1 atom stereocenters. The number of likely N-dealkylation sites (N-methyl/N-ethyl adjacent to an activating group) is 1. The quantitative estimate of drug-likeness (QED) is 0.850. The maximum atomic E-state index is 13.6. The Kier molecular flexibility index (Phi) is 4.58. The highest BCUT2D eigenvalue weighted by Crippen LogP contribution is 2.35. The third-order valence-corrected chi connectivity index (χ3v) is 4.50. The summed E-state index contributed by atoms with van der Waals surface area (Å²) in [5.74, 6) is -0.0953. The molecule has 19 heavy (non-hydrogen) atoms. The number of halogens is 1. The first-order chi connectivity index (χ1) is 9.03. The van der Waals surface area contributed by atoms with Gasteiger partial charge < -0.3 is 10.2 Å². The van der Waals surface area contributed by atoms with Crippen molar-refractivity contribution < 1.29 is 4.39 Å². The Balaban J connectivity index is 1.85. The molecule has 1 aliphatic carbocycles. The lowest BCUT2D eigenvalue weighted by molar-refractivity contribution is 0.0576. The van der Waals surface area contributed by atoms with Gasteiger partial charge in [0.25, 0.3) is 0 Å². The monoisotopic (exact) mass is 264 g/mol. The Morgan fingerprint density at radius 2 is 2.00 bits per heavy atom. The zero-order valence-corrected chi connectivity index (χ0v) is 12.2. The van der Waals surface area contributed by atoms with Crippen LogP contribution in [0.4, 0.5) is 4.39 Å². The number of nitrogens with zero attached hydrogens (tertiary/aromatic N) is 1. The second-order valence-electron chi connectivity index (χ2n) is 6.05. The Morgan fingerprint density at radius 3 is 2.53 bits per heavy atom. The largest absolute Gasteiger partial charge is 0.312 e. The number of hydrogen-bond donors (Lipinski definition) is 1. The molecule has 0 heterocycles. The molecule has 1 aliphatic rings. The van der Waals surface area contributed by atoms with E-state index in [9.17, 15) is 4.39 Å². The predicted molar refractivity (Wildman–Crippen MR) is 77.8 cm³/mol. The summed E-state index contributed by atoms with van der Waals surface area (Å²) in [4.78, 5) is 2.33.